The molecule has 2 aromatic rings. The first-order chi connectivity index (χ1) is 15.9. The van der Waals surface area contributed by atoms with Crippen molar-refractivity contribution < 1.29 is 19.1 Å². The van der Waals surface area contributed by atoms with Crippen LogP contribution in [0.25, 0.3) is 11.0 Å². The van der Waals surface area contributed by atoms with Gasteiger partial charge in [0.2, 0.25) is 0 Å². The first-order valence-electron chi connectivity index (χ1n) is 12.2. The molecule has 0 aromatic carbocycles. The molecule has 1 saturated carbocycles. The van der Waals surface area contributed by atoms with Crippen LogP contribution in [0.2, 0.25) is 25.7 Å². The second-order valence-corrected chi connectivity index (χ2v) is 16.6. The number of pyridine rings is 1. The fraction of sp³-hybridized carbons (Fsp3) is 0.640. The van der Waals surface area contributed by atoms with E-state index in [0.29, 0.717) is 19.0 Å². The van der Waals surface area contributed by atoms with Crippen molar-refractivity contribution in [2.45, 2.75) is 83.6 Å². The second-order valence-electron chi connectivity index (χ2n) is 11.0. The van der Waals surface area contributed by atoms with E-state index in [9.17, 15) is 9.59 Å². The van der Waals surface area contributed by atoms with Crippen LogP contribution in [-0.4, -0.2) is 67.4 Å². The predicted molar refractivity (Wildman–Crippen MR) is 137 cm³/mol. The maximum Gasteiger partial charge on any atom is 0.407 e. The van der Waals surface area contributed by atoms with Gasteiger partial charge in [-0.2, -0.15) is 0 Å². The zero-order chi connectivity index (χ0) is 25.0. The van der Waals surface area contributed by atoms with Crippen LogP contribution < -0.4 is 5.32 Å². The average Bonchev–Trinajstić information content (AvgIpc) is 3.33. The Bertz CT molecular complexity index is 1010. The highest BCUT2D eigenvalue weighted by molar-refractivity contribution is 6.76. The van der Waals surface area contributed by atoms with Gasteiger partial charge < -0.3 is 19.7 Å². The quantitative estimate of drug-likeness (QED) is 0.404. The summed E-state index contributed by atoms with van der Waals surface area (Å²) < 4.78 is 13.4. The molecule has 188 valence electrons. The number of amides is 2. The molecule has 0 spiro atoms. The first kappa shape index (κ1) is 26.2. The van der Waals surface area contributed by atoms with E-state index in [2.05, 4.69) is 31.0 Å². The molecule has 9 heteroatoms. The van der Waals surface area contributed by atoms with Crippen LogP contribution in [0.15, 0.2) is 18.3 Å². The Morgan fingerprint density at radius 2 is 1.97 bits per heavy atom. The van der Waals surface area contributed by atoms with E-state index >= 15 is 0 Å². The van der Waals surface area contributed by atoms with Crippen LogP contribution in [-0.2, 0) is 16.2 Å². The van der Waals surface area contributed by atoms with E-state index in [1.807, 2.05) is 30.7 Å². The minimum Gasteiger partial charge on any atom is -0.446 e. The van der Waals surface area contributed by atoms with Crippen molar-refractivity contribution in [3.63, 3.8) is 0 Å². The van der Waals surface area contributed by atoms with Gasteiger partial charge >= 0.3 is 6.09 Å². The summed E-state index contributed by atoms with van der Waals surface area (Å²) in [5, 5.41) is 3.71. The second kappa shape index (κ2) is 10.9. The van der Waals surface area contributed by atoms with E-state index in [-0.39, 0.29) is 30.1 Å². The highest BCUT2D eigenvalue weighted by Crippen LogP contribution is 2.37. The molecule has 0 radical (unpaired) electrons. The van der Waals surface area contributed by atoms with Gasteiger partial charge in [0.05, 0.1) is 0 Å². The van der Waals surface area contributed by atoms with Gasteiger partial charge in [-0.15, -0.1) is 0 Å². The smallest absolute Gasteiger partial charge is 0.407 e. The van der Waals surface area contributed by atoms with Crippen LogP contribution in [0.1, 0.15) is 55.1 Å². The number of carbonyl (C=O) groups is 2. The Kier molecular flexibility index (Phi) is 8.41. The summed E-state index contributed by atoms with van der Waals surface area (Å²) in [5.74, 6) is 0.205. The van der Waals surface area contributed by atoms with Gasteiger partial charge in [-0.3, -0.25) is 9.36 Å². The van der Waals surface area contributed by atoms with Gasteiger partial charge in [-0.05, 0) is 62.8 Å². The lowest BCUT2D eigenvalue weighted by Gasteiger charge is -2.17. The fourth-order valence-electron chi connectivity index (χ4n) is 4.23. The molecule has 2 amide bonds. The summed E-state index contributed by atoms with van der Waals surface area (Å²) in [5.41, 5.74) is 2.45. The van der Waals surface area contributed by atoms with Crippen molar-refractivity contribution >= 4 is 31.1 Å². The summed E-state index contributed by atoms with van der Waals surface area (Å²) >= 11 is 0. The van der Waals surface area contributed by atoms with E-state index < -0.39 is 8.07 Å². The van der Waals surface area contributed by atoms with E-state index in [1.165, 1.54) is 0 Å². The SMILES string of the molecule is CC(C)NC(=O)OC1CCC(c2cnc3c(c2)cc(C(=O)N(C)C)n3COCC[Si](C)(C)C)C1. The molecule has 0 aliphatic heterocycles. The van der Waals surface area contributed by atoms with Crippen LogP contribution in [0.5, 0.6) is 0 Å². The third-order valence-electron chi connectivity index (χ3n) is 6.13. The zero-order valence-corrected chi connectivity index (χ0v) is 22.7. The number of aromatic nitrogens is 2. The van der Waals surface area contributed by atoms with Crippen molar-refractivity contribution in [2.75, 3.05) is 20.7 Å². The molecule has 0 bridgehead atoms. The van der Waals surface area contributed by atoms with Crippen LogP contribution in [0, 0.1) is 0 Å². The third kappa shape index (κ3) is 6.82. The van der Waals surface area contributed by atoms with Crippen molar-refractivity contribution in [3.8, 4) is 0 Å². The van der Waals surface area contributed by atoms with Crippen molar-refractivity contribution in [3.05, 3.63) is 29.6 Å². The average molecular weight is 489 g/mol. The van der Waals surface area contributed by atoms with Crippen molar-refractivity contribution in [1.82, 2.24) is 19.8 Å². The Labute approximate surface area is 204 Å². The number of nitrogens with one attached hydrogen (secondary N) is 1. The molecule has 1 fully saturated rings. The maximum atomic E-state index is 12.9. The minimum absolute atomic E-state index is 0.0546. The highest BCUT2D eigenvalue weighted by Gasteiger charge is 2.29. The molecular formula is C25H40N4O4Si. The van der Waals surface area contributed by atoms with Gasteiger partial charge in [0, 0.05) is 46.4 Å². The normalized spacial score (nSPS) is 18.5. The molecule has 2 unspecified atom stereocenters. The summed E-state index contributed by atoms with van der Waals surface area (Å²) in [4.78, 5) is 31.1. The summed E-state index contributed by atoms with van der Waals surface area (Å²) in [6.45, 7) is 11.8. The lowest BCUT2D eigenvalue weighted by atomic mass is 9.99. The number of hydrogen-bond donors (Lipinski definition) is 1. The number of alkyl carbamates (subject to hydrolysis) is 1. The molecule has 8 nitrogen and oxygen atoms in total. The minimum atomic E-state index is -1.19. The van der Waals surface area contributed by atoms with Gasteiger partial charge in [-0.1, -0.05) is 19.6 Å². The Morgan fingerprint density at radius 3 is 2.62 bits per heavy atom. The molecule has 3 rings (SSSR count). The number of ether oxygens (including phenoxy) is 2. The molecule has 2 heterocycles. The molecule has 0 saturated heterocycles. The third-order valence-corrected chi connectivity index (χ3v) is 7.84. The molecule has 1 aliphatic carbocycles. The monoisotopic (exact) mass is 488 g/mol. The number of nitrogens with zero attached hydrogens (tertiary/aromatic N) is 3. The number of rotatable bonds is 9. The van der Waals surface area contributed by atoms with Crippen LogP contribution >= 0.6 is 0 Å². The van der Waals surface area contributed by atoms with Gasteiger partial charge in [0.15, 0.2) is 0 Å². The van der Waals surface area contributed by atoms with Crippen molar-refractivity contribution in [2.24, 2.45) is 0 Å². The Morgan fingerprint density at radius 1 is 1.24 bits per heavy atom. The molecule has 2 atom stereocenters. The summed E-state index contributed by atoms with van der Waals surface area (Å²) in [6, 6.07) is 5.16. The number of carbonyl (C=O) groups excluding carboxylic acids is 2. The fourth-order valence-corrected chi connectivity index (χ4v) is 4.98. The molecule has 34 heavy (non-hydrogen) atoms. The van der Waals surface area contributed by atoms with Crippen LogP contribution in [0.4, 0.5) is 4.79 Å². The molecule has 2 aromatic heterocycles. The largest absolute Gasteiger partial charge is 0.446 e. The van der Waals surface area contributed by atoms with Crippen LogP contribution in [0.3, 0.4) is 0 Å². The lowest BCUT2D eigenvalue weighted by molar-refractivity contribution is 0.0734. The van der Waals surface area contributed by atoms with E-state index in [0.717, 1.165) is 41.9 Å². The topological polar surface area (TPSA) is 85.7 Å². The zero-order valence-electron chi connectivity index (χ0n) is 21.7. The lowest BCUT2D eigenvalue weighted by Crippen LogP contribution is -2.33. The number of hydrogen-bond acceptors (Lipinski definition) is 5. The maximum absolute atomic E-state index is 12.9. The van der Waals surface area contributed by atoms with E-state index in [4.69, 9.17) is 14.5 Å². The summed E-state index contributed by atoms with van der Waals surface area (Å²) in [6.07, 6.45) is 4.01. The first-order valence-corrected chi connectivity index (χ1v) is 15.9. The van der Waals surface area contributed by atoms with Gasteiger partial charge in [0.1, 0.15) is 24.2 Å². The highest BCUT2D eigenvalue weighted by atomic mass is 28.3. The predicted octanol–water partition coefficient (Wildman–Crippen LogP) is 4.82. The molecule has 1 N–H and O–H groups in total. The van der Waals surface area contributed by atoms with Gasteiger partial charge in [0.25, 0.3) is 5.91 Å². The molecule has 1 aliphatic rings. The Hall–Kier alpha value is -2.39. The Balaban J connectivity index is 1.77. The molecular weight excluding hydrogens is 448 g/mol. The standard InChI is InChI=1S/C25H40N4O4Si/c1-17(2)27-25(31)33-21-9-8-18(13-21)20-12-19-14-22(24(30)28(3)4)29(23(19)26-15-20)16-32-10-11-34(5,6)7/h12,14-15,17-18,21H,8-11,13,16H2,1-7H3,(H,27,31). The van der Waals surface area contributed by atoms with Gasteiger partial charge in [-0.25, -0.2) is 9.78 Å². The summed E-state index contributed by atoms with van der Waals surface area (Å²) in [7, 11) is 2.31. The number of fused-ring (bicyclic) bond motifs is 1. The van der Waals surface area contributed by atoms with Crippen molar-refractivity contribution in [1.29, 1.82) is 0 Å². The van der Waals surface area contributed by atoms with E-state index in [1.54, 1.807) is 19.0 Å².